The van der Waals surface area contributed by atoms with Crippen molar-refractivity contribution in [3.05, 3.63) is 29.3 Å². The van der Waals surface area contributed by atoms with Crippen LogP contribution in [0.25, 0.3) is 0 Å². The maximum Gasteiger partial charge on any atom is 0.0540 e. The molecular weight excluding hydrogens is 222 g/mol. The van der Waals surface area contributed by atoms with Gasteiger partial charge < -0.3 is 10.6 Å². The van der Waals surface area contributed by atoms with Gasteiger partial charge in [-0.2, -0.15) is 0 Å². The van der Waals surface area contributed by atoms with Gasteiger partial charge in [0.15, 0.2) is 0 Å². The maximum atomic E-state index is 5.95. The molecule has 2 rings (SSSR count). The Labute approximate surface area is 111 Å². The first-order valence-electron chi connectivity index (χ1n) is 6.77. The lowest BCUT2D eigenvalue weighted by atomic mass is 10.0. The minimum absolute atomic E-state index is 0.424. The molecule has 1 aliphatic rings. The van der Waals surface area contributed by atoms with Gasteiger partial charge in [-0.3, -0.25) is 4.90 Å². The molecule has 0 aliphatic carbocycles. The summed E-state index contributed by atoms with van der Waals surface area (Å²) in [5, 5.41) is 0. The normalized spacial score (nSPS) is 25.5. The molecule has 1 fully saturated rings. The van der Waals surface area contributed by atoms with Crippen LogP contribution in [0, 0.1) is 13.8 Å². The van der Waals surface area contributed by atoms with E-state index in [0.717, 1.165) is 13.1 Å². The Bertz CT molecular complexity index is 416. The molecule has 1 heterocycles. The van der Waals surface area contributed by atoms with Crippen molar-refractivity contribution in [1.82, 2.24) is 4.90 Å². The lowest BCUT2D eigenvalue weighted by Gasteiger charge is -2.45. The van der Waals surface area contributed by atoms with Gasteiger partial charge in [0.2, 0.25) is 0 Å². The number of likely N-dealkylation sites (N-methyl/N-ethyl adjacent to an activating group) is 1. The van der Waals surface area contributed by atoms with Gasteiger partial charge in [-0.05, 0) is 39.4 Å². The molecule has 1 aromatic carbocycles. The zero-order valence-corrected chi connectivity index (χ0v) is 12.0. The largest absolute Gasteiger partial charge is 0.364 e. The van der Waals surface area contributed by atoms with E-state index >= 15 is 0 Å². The van der Waals surface area contributed by atoms with E-state index in [2.05, 4.69) is 55.8 Å². The molecule has 100 valence electrons. The summed E-state index contributed by atoms with van der Waals surface area (Å²) < 4.78 is 0. The average Bonchev–Trinajstić information content (AvgIpc) is 2.32. The van der Waals surface area contributed by atoms with E-state index in [1.54, 1.807) is 0 Å². The third kappa shape index (κ3) is 2.52. The molecule has 1 aliphatic heterocycles. The summed E-state index contributed by atoms with van der Waals surface area (Å²) in [5.74, 6) is 0. The Morgan fingerprint density at radius 3 is 2.61 bits per heavy atom. The van der Waals surface area contributed by atoms with Gasteiger partial charge in [0.05, 0.1) is 6.04 Å². The molecule has 0 bridgehead atoms. The second kappa shape index (κ2) is 5.29. The predicted molar refractivity (Wildman–Crippen MR) is 78.2 cm³/mol. The van der Waals surface area contributed by atoms with Crippen molar-refractivity contribution in [2.75, 3.05) is 31.6 Å². The number of nitrogens with two attached hydrogens (primary N) is 1. The molecule has 0 saturated carbocycles. The minimum Gasteiger partial charge on any atom is -0.364 e. The highest BCUT2D eigenvalue weighted by Gasteiger charge is 2.29. The van der Waals surface area contributed by atoms with Crippen molar-refractivity contribution < 1.29 is 0 Å². The monoisotopic (exact) mass is 247 g/mol. The number of anilines is 1. The van der Waals surface area contributed by atoms with Gasteiger partial charge in [-0.25, -0.2) is 0 Å². The third-order valence-electron chi connectivity index (χ3n) is 4.09. The molecule has 3 nitrogen and oxygen atoms in total. The van der Waals surface area contributed by atoms with Gasteiger partial charge in [0, 0.05) is 31.4 Å². The van der Waals surface area contributed by atoms with Crippen molar-refractivity contribution in [2.24, 2.45) is 5.73 Å². The summed E-state index contributed by atoms with van der Waals surface area (Å²) in [6.45, 7) is 9.43. The molecule has 3 heteroatoms. The van der Waals surface area contributed by atoms with Crippen LogP contribution < -0.4 is 10.6 Å². The predicted octanol–water partition coefficient (Wildman–Crippen LogP) is 1.77. The standard InChI is InChI=1S/C15H25N3/c1-11-5-6-15(12(2)7-11)18-9-13(3)17(4)10-14(18)8-16/h5-7,13-14H,8-10,16H2,1-4H3. The van der Waals surface area contributed by atoms with E-state index in [9.17, 15) is 0 Å². The molecule has 2 unspecified atom stereocenters. The molecule has 0 radical (unpaired) electrons. The molecule has 0 amide bonds. The summed E-state index contributed by atoms with van der Waals surface area (Å²) in [6.07, 6.45) is 0. The summed E-state index contributed by atoms with van der Waals surface area (Å²) >= 11 is 0. The number of nitrogens with zero attached hydrogens (tertiary/aromatic N) is 2. The average molecular weight is 247 g/mol. The van der Waals surface area contributed by atoms with Crippen LogP contribution in [0.5, 0.6) is 0 Å². The molecule has 1 aromatic rings. The fourth-order valence-electron chi connectivity index (χ4n) is 2.81. The minimum atomic E-state index is 0.424. The third-order valence-corrected chi connectivity index (χ3v) is 4.09. The van der Waals surface area contributed by atoms with E-state index in [1.807, 2.05) is 0 Å². The smallest absolute Gasteiger partial charge is 0.0540 e. The van der Waals surface area contributed by atoms with Gasteiger partial charge in [0.1, 0.15) is 0 Å². The van der Waals surface area contributed by atoms with Crippen LogP contribution in [0.1, 0.15) is 18.1 Å². The zero-order chi connectivity index (χ0) is 13.3. The van der Waals surface area contributed by atoms with E-state index < -0.39 is 0 Å². The lowest BCUT2D eigenvalue weighted by Crippen LogP contribution is -2.58. The number of hydrogen-bond acceptors (Lipinski definition) is 3. The molecule has 1 saturated heterocycles. The Kier molecular flexibility index (Phi) is 3.93. The number of hydrogen-bond donors (Lipinski definition) is 1. The number of rotatable bonds is 2. The van der Waals surface area contributed by atoms with Crippen LogP contribution >= 0.6 is 0 Å². The Balaban J connectivity index is 2.29. The van der Waals surface area contributed by atoms with E-state index in [1.165, 1.54) is 16.8 Å². The first-order chi connectivity index (χ1) is 8.52. The van der Waals surface area contributed by atoms with Crippen LogP contribution in [0.3, 0.4) is 0 Å². The van der Waals surface area contributed by atoms with Crippen molar-refractivity contribution in [3.8, 4) is 0 Å². The lowest BCUT2D eigenvalue weighted by molar-refractivity contribution is 0.202. The molecular formula is C15H25N3. The summed E-state index contributed by atoms with van der Waals surface area (Å²) in [5.41, 5.74) is 9.97. The van der Waals surface area contributed by atoms with E-state index in [0.29, 0.717) is 18.6 Å². The SMILES string of the molecule is Cc1ccc(N2CC(C)N(C)CC2CN)c(C)c1. The molecule has 0 aromatic heterocycles. The van der Waals surface area contributed by atoms with Crippen molar-refractivity contribution >= 4 is 5.69 Å². The number of benzene rings is 1. The van der Waals surface area contributed by atoms with Crippen LogP contribution in [-0.4, -0.2) is 43.7 Å². The summed E-state index contributed by atoms with van der Waals surface area (Å²) in [6, 6.07) is 7.69. The molecule has 0 spiro atoms. The van der Waals surface area contributed by atoms with E-state index in [-0.39, 0.29) is 0 Å². The van der Waals surface area contributed by atoms with Crippen LogP contribution in [-0.2, 0) is 0 Å². The quantitative estimate of drug-likeness (QED) is 0.864. The van der Waals surface area contributed by atoms with Gasteiger partial charge in [-0.1, -0.05) is 17.7 Å². The molecule has 2 atom stereocenters. The second-order valence-corrected chi connectivity index (χ2v) is 5.62. The first kappa shape index (κ1) is 13.4. The molecule has 2 N–H and O–H groups in total. The summed E-state index contributed by atoms with van der Waals surface area (Å²) in [7, 11) is 2.19. The second-order valence-electron chi connectivity index (χ2n) is 5.62. The Morgan fingerprint density at radius 2 is 2.00 bits per heavy atom. The Morgan fingerprint density at radius 1 is 1.28 bits per heavy atom. The van der Waals surface area contributed by atoms with Gasteiger partial charge in [0.25, 0.3) is 0 Å². The highest BCUT2D eigenvalue weighted by molar-refractivity contribution is 5.55. The highest BCUT2D eigenvalue weighted by Crippen LogP contribution is 2.26. The fraction of sp³-hybridized carbons (Fsp3) is 0.600. The van der Waals surface area contributed by atoms with Crippen molar-refractivity contribution in [3.63, 3.8) is 0 Å². The summed E-state index contributed by atoms with van der Waals surface area (Å²) in [4.78, 5) is 4.89. The van der Waals surface area contributed by atoms with E-state index in [4.69, 9.17) is 5.73 Å². The van der Waals surface area contributed by atoms with Crippen LogP contribution in [0.2, 0.25) is 0 Å². The number of piperazine rings is 1. The highest BCUT2D eigenvalue weighted by atomic mass is 15.3. The first-order valence-corrected chi connectivity index (χ1v) is 6.77. The maximum absolute atomic E-state index is 5.95. The van der Waals surface area contributed by atoms with Gasteiger partial charge >= 0.3 is 0 Å². The van der Waals surface area contributed by atoms with Gasteiger partial charge in [-0.15, -0.1) is 0 Å². The zero-order valence-electron chi connectivity index (χ0n) is 12.0. The Hall–Kier alpha value is -1.06. The molecule has 18 heavy (non-hydrogen) atoms. The van der Waals surface area contributed by atoms with Crippen LogP contribution in [0.4, 0.5) is 5.69 Å². The van der Waals surface area contributed by atoms with Crippen molar-refractivity contribution in [1.29, 1.82) is 0 Å². The fourth-order valence-corrected chi connectivity index (χ4v) is 2.81. The topological polar surface area (TPSA) is 32.5 Å². The number of aryl methyl sites for hydroxylation is 2. The van der Waals surface area contributed by atoms with Crippen LogP contribution in [0.15, 0.2) is 18.2 Å². The van der Waals surface area contributed by atoms with Crippen molar-refractivity contribution in [2.45, 2.75) is 32.9 Å².